The molecule has 2 aromatic heterocycles. The number of fused-ring (bicyclic) bond motifs is 1. The van der Waals surface area contributed by atoms with Crippen molar-refractivity contribution in [2.24, 2.45) is 7.05 Å². The number of nitrogens with zero attached hydrogens (tertiary/aromatic N) is 4. The Hall–Kier alpha value is -3.31. The number of aromatic nitrogens is 2. The predicted molar refractivity (Wildman–Crippen MR) is 130 cm³/mol. The summed E-state index contributed by atoms with van der Waals surface area (Å²) in [4.78, 5) is 22.8. The van der Waals surface area contributed by atoms with Crippen molar-refractivity contribution in [3.8, 4) is 11.4 Å². The van der Waals surface area contributed by atoms with E-state index in [1.54, 1.807) is 0 Å². The lowest BCUT2D eigenvalue weighted by molar-refractivity contribution is 0.0748. The Morgan fingerprint density at radius 3 is 2.50 bits per heavy atom. The van der Waals surface area contributed by atoms with E-state index in [0.717, 1.165) is 51.7 Å². The molecule has 1 aliphatic heterocycles. The van der Waals surface area contributed by atoms with Crippen LogP contribution in [0, 0.1) is 6.92 Å². The number of carbonyl (C=O) groups is 1. The van der Waals surface area contributed by atoms with Crippen molar-refractivity contribution in [3.05, 3.63) is 83.0 Å². The number of pyridine rings is 1. The van der Waals surface area contributed by atoms with Crippen LogP contribution in [0.15, 0.2) is 66.9 Å². The highest BCUT2D eigenvalue weighted by atomic mass is 35.5. The monoisotopic (exact) mass is 444 g/mol. The van der Waals surface area contributed by atoms with Crippen LogP contribution in [0.5, 0.6) is 0 Å². The Balaban J connectivity index is 1.46. The molecular weight excluding hydrogens is 420 g/mol. The summed E-state index contributed by atoms with van der Waals surface area (Å²) < 4.78 is 2.03. The zero-order valence-electron chi connectivity index (χ0n) is 18.3. The zero-order chi connectivity index (χ0) is 22.2. The first kappa shape index (κ1) is 20.6. The van der Waals surface area contributed by atoms with E-state index < -0.39 is 0 Å². The summed E-state index contributed by atoms with van der Waals surface area (Å²) in [7, 11) is 1.99. The quantitative estimate of drug-likeness (QED) is 0.438. The second kappa shape index (κ2) is 8.32. The van der Waals surface area contributed by atoms with Crippen molar-refractivity contribution in [1.29, 1.82) is 0 Å². The maximum Gasteiger partial charge on any atom is 0.254 e. The van der Waals surface area contributed by atoms with Gasteiger partial charge in [0.15, 0.2) is 0 Å². The highest BCUT2D eigenvalue weighted by Gasteiger charge is 2.25. The van der Waals surface area contributed by atoms with Crippen molar-refractivity contribution in [1.82, 2.24) is 14.5 Å². The molecule has 162 valence electrons. The van der Waals surface area contributed by atoms with Crippen LogP contribution in [-0.2, 0) is 7.05 Å². The minimum absolute atomic E-state index is 0.0594. The van der Waals surface area contributed by atoms with E-state index >= 15 is 0 Å². The summed E-state index contributed by atoms with van der Waals surface area (Å²) in [5.74, 6) is 0.0594. The average molecular weight is 445 g/mol. The molecule has 0 bridgehead atoms. The van der Waals surface area contributed by atoms with Gasteiger partial charge >= 0.3 is 0 Å². The third-order valence-corrected chi connectivity index (χ3v) is 6.38. The fraction of sp³-hybridized carbons (Fsp3) is 0.231. The van der Waals surface area contributed by atoms with Crippen LogP contribution in [0.2, 0.25) is 5.02 Å². The molecule has 1 saturated heterocycles. The summed E-state index contributed by atoms with van der Waals surface area (Å²) in [5, 5.41) is 1.64. The minimum Gasteiger partial charge on any atom is -0.368 e. The van der Waals surface area contributed by atoms with Gasteiger partial charge in [-0.15, -0.1) is 0 Å². The predicted octanol–water partition coefficient (Wildman–Crippen LogP) is 5.16. The summed E-state index contributed by atoms with van der Waals surface area (Å²) in [6.45, 7) is 4.93. The molecule has 2 aromatic carbocycles. The third kappa shape index (κ3) is 3.84. The first-order valence-electron chi connectivity index (χ1n) is 10.8. The Morgan fingerprint density at radius 1 is 0.969 bits per heavy atom. The molecular formula is C26H25ClN4O. The minimum atomic E-state index is 0.0594. The number of piperazine rings is 1. The SMILES string of the molecule is Cc1ccc2nc(-c3cccn3C)cc(C(=O)N3CCN(c4cccc(Cl)c4)CC3)c2c1. The zero-order valence-corrected chi connectivity index (χ0v) is 19.0. The lowest BCUT2D eigenvalue weighted by Crippen LogP contribution is -2.48. The highest BCUT2D eigenvalue weighted by Crippen LogP contribution is 2.28. The number of amides is 1. The first-order chi connectivity index (χ1) is 15.5. The van der Waals surface area contributed by atoms with E-state index in [0.29, 0.717) is 18.7 Å². The number of benzene rings is 2. The molecule has 5 nitrogen and oxygen atoms in total. The highest BCUT2D eigenvalue weighted by molar-refractivity contribution is 6.30. The Bertz CT molecular complexity index is 1300. The molecule has 5 rings (SSSR count). The van der Waals surface area contributed by atoms with Crippen LogP contribution in [0.25, 0.3) is 22.3 Å². The van der Waals surface area contributed by atoms with Crippen LogP contribution in [0.4, 0.5) is 5.69 Å². The first-order valence-corrected chi connectivity index (χ1v) is 11.2. The molecule has 1 aliphatic rings. The molecule has 0 atom stereocenters. The van der Waals surface area contributed by atoms with Crippen LogP contribution >= 0.6 is 11.6 Å². The molecule has 32 heavy (non-hydrogen) atoms. The molecule has 6 heteroatoms. The number of aryl methyl sites for hydroxylation is 2. The lowest BCUT2D eigenvalue weighted by atomic mass is 10.0. The van der Waals surface area contributed by atoms with Crippen LogP contribution in [-0.4, -0.2) is 46.5 Å². The summed E-state index contributed by atoms with van der Waals surface area (Å²) in [6.07, 6.45) is 1.99. The lowest BCUT2D eigenvalue weighted by Gasteiger charge is -2.36. The maximum absolute atomic E-state index is 13.7. The van der Waals surface area contributed by atoms with Gasteiger partial charge in [0.1, 0.15) is 0 Å². The van der Waals surface area contributed by atoms with Gasteiger partial charge in [0.2, 0.25) is 0 Å². The van der Waals surface area contributed by atoms with Crippen LogP contribution < -0.4 is 4.90 Å². The third-order valence-electron chi connectivity index (χ3n) is 6.14. The smallest absolute Gasteiger partial charge is 0.254 e. The van der Waals surface area contributed by atoms with Crippen molar-refractivity contribution in [2.45, 2.75) is 6.92 Å². The Morgan fingerprint density at radius 2 is 1.78 bits per heavy atom. The van der Waals surface area contributed by atoms with Crippen molar-refractivity contribution >= 4 is 34.1 Å². The Labute approximate surface area is 192 Å². The second-order valence-electron chi connectivity index (χ2n) is 8.34. The fourth-order valence-electron chi connectivity index (χ4n) is 4.39. The molecule has 0 N–H and O–H groups in total. The van der Waals surface area contributed by atoms with Crippen molar-refractivity contribution in [3.63, 3.8) is 0 Å². The van der Waals surface area contributed by atoms with Gasteiger partial charge in [-0.25, -0.2) is 4.98 Å². The van der Waals surface area contributed by atoms with E-state index in [9.17, 15) is 4.79 Å². The normalized spacial score (nSPS) is 14.2. The van der Waals surface area contributed by atoms with Crippen molar-refractivity contribution in [2.75, 3.05) is 31.1 Å². The fourth-order valence-corrected chi connectivity index (χ4v) is 4.57. The molecule has 0 spiro atoms. The Kier molecular flexibility index (Phi) is 5.35. The van der Waals surface area contributed by atoms with E-state index in [1.807, 2.05) is 78.2 Å². The van der Waals surface area contributed by atoms with Gasteiger partial charge in [0, 0.05) is 55.5 Å². The largest absolute Gasteiger partial charge is 0.368 e. The number of carbonyl (C=O) groups excluding carboxylic acids is 1. The van der Waals surface area contributed by atoms with Gasteiger partial charge in [-0.2, -0.15) is 0 Å². The molecule has 1 fully saturated rings. The van der Waals surface area contributed by atoms with E-state index in [4.69, 9.17) is 16.6 Å². The molecule has 0 unspecified atom stereocenters. The standard InChI is InChI=1S/C26H25ClN4O/c1-18-8-9-23-21(15-18)22(17-24(28-23)25-7-4-10-29(25)2)26(32)31-13-11-30(12-14-31)20-6-3-5-19(27)16-20/h3-10,15-17H,11-14H2,1-2H3. The van der Waals surface area contributed by atoms with E-state index in [-0.39, 0.29) is 5.91 Å². The van der Waals surface area contributed by atoms with Gasteiger partial charge in [-0.1, -0.05) is 29.3 Å². The summed E-state index contributed by atoms with van der Waals surface area (Å²) in [6, 6.07) is 20.0. The molecule has 1 amide bonds. The number of hydrogen-bond acceptors (Lipinski definition) is 3. The van der Waals surface area contributed by atoms with Gasteiger partial charge < -0.3 is 14.4 Å². The topological polar surface area (TPSA) is 41.4 Å². The van der Waals surface area contributed by atoms with Gasteiger partial charge in [-0.05, 0) is 55.5 Å². The maximum atomic E-state index is 13.7. The van der Waals surface area contributed by atoms with Crippen LogP contribution in [0.3, 0.4) is 0 Å². The van der Waals surface area contributed by atoms with Gasteiger partial charge in [0.25, 0.3) is 5.91 Å². The summed E-state index contributed by atoms with van der Waals surface area (Å²) in [5.41, 5.74) is 5.58. The molecule has 4 aromatic rings. The molecule has 0 aliphatic carbocycles. The van der Waals surface area contributed by atoms with Gasteiger partial charge in [-0.3, -0.25) is 4.79 Å². The van der Waals surface area contributed by atoms with E-state index in [1.165, 1.54) is 0 Å². The molecule has 0 saturated carbocycles. The second-order valence-corrected chi connectivity index (χ2v) is 8.78. The van der Waals surface area contributed by atoms with Crippen LogP contribution in [0.1, 0.15) is 15.9 Å². The number of halogens is 1. The van der Waals surface area contributed by atoms with E-state index in [2.05, 4.69) is 17.0 Å². The number of rotatable bonds is 3. The number of hydrogen-bond donors (Lipinski definition) is 0. The van der Waals surface area contributed by atoms with Gasteiger partial charge in [0.05, 0.1) is 22.5 Å². The molecule has 3 heterocycles. The summed E-state index contributed by atoms with van der Waals surface area (Å²) >= 11 is 6.16. The average Bonchev–Trinajstić information content (AvgIpc) is 3.24. The number of anilines is 1. The van der Waals surface area contributed by atoms with Crippen molar-refractivity contribution < 1.29 is 4.79 Å². The molecule has 0 radical (unpaired) electrons.